The Kier molecular flexibility index (Phi) is 3.58. The van der Waals surface area contributed by atoms with Crippen molar-refractivity contribution in [3.05, 3.63) is 70.9 Å². The van der Waals surface area contributed by atoms with Crippen molar-refractivity contribution in [2.24, 2.45) is 7.05 Å². The summed E-state index contributed by atoms with van der Waals surface area (Å²) < 4.78 is 3.46. The van der Waals surface area contributed by atoms with E-state index in [1.165, 1.54) is 0 Å². The summed E-state index contributed by atoms with van der Waals surface area (Å²) >= 11 is 0. The molecule has 0 aliphatic rings. The molecule has 1 N–H and O–H groups in total. The number of H-pyrrole nitrogens is 1. The van der Waals surface area contributed by atoms with Crippen LogP contribution in [-0.2, 0) is 7.05 Å². The van der Waals surface area contributed by atoms with Gasteiger partial charge < -0.3 is 4.98 Å². The SMILES string of the molecule is CC(c1cccc2cccnc12)n1nnc2c(=O)[nH]c(-c3cnn(C)c3)cc21. The molecule has 0 amide bonds. The fourth-order valence-corrected chi connectivity index (χ4v) is 3.55. The molecule has 0 radical (unpaired) electrons. The molecule has 1 unspecified atom stereocenters. The molecule has 0 aliphatic carbocycles. The van der Waals surface area contributed by atoms with E-state index in [0.29, 0.717) is 16.7 Å². The molecule has 0 saturated carbocycles. The molecular weight excluding hydrogens is 354 g/mol. The van der Waals surface area contributed by atoms with Crippen molar-refractivity contribution in [2.75, 3.05) is 0 Å². The number of aromatic amines is 1. The number of pyridine rings is 2. The minimum absolute atomic E-state index is 0.146. The topological polar surface area (TPSA) is 94.3 Å². The largest absolute Gasteiger partial charge is 0.320 e. The molecule has 0 spiro atoms. The first-order valence-electron chi connectivity index (χ1n) is 8.93. The van der Waals surface area contributed by atoms with E-state index in [4.69, 9.17) is 0 Å². The fourth-order valence-electron chi connectivity index (χ4n) is 3.55. The van der Waals surface area contributed by atoms with Crippen LogP contribution in [0.15, 0.2) is 59.8 Å². The van der Waals surface area contributed by atoms with Crippen LogP contribution in [0.1, 0.15) is 18.5 Å². The maximum Gasteiger partial charge on any atom is 0.278 e. The van der Waals surface area contributed by atoms with E-state index in [1.54, 1.807) is 21.8 Å². The third kappa shape index (κ3) is 2.50. The summed E-state index contributed by atoms with van der Waals surface area (Å²) in [5, 5.41) is 13.6. The number of nitrogens with one attached hydrogen (secondary N) is 1. The van der Waals surface area contributed by atoms with Gasteiger partial charge in [-0.15, -0.1) is 5.10 Å². The molecule has 0 fully saturated rings. The van der Waals surface area contributed by atoms with Crippen molar-refractivity contribution in [3.63, 3.8) is 0 Å². The van der Waals surface area contributed by atoms with Crippen molar-refractivity contribution < 1.29 is 0 Å². The number of nitrogens with zero attached hydrogens (tertiary/aromatic N) is 6. The van der Waals surface area contributed by atoms with Crippen LogP contribution in [0.2, 0.25) is 0 Å². The predicted octanol–water partition coefficient (Wildman–Crippen LogP) is 2.68. The molecule has 8 nitrogen and oxygen atoms in total. The van der Waals surface area contributed by atoms with Crippen LogP contribution in [0.5, 0.6) is 0 Å². The minimum Gasteiger partial charge on any atom is -0.320 e. The second-order valence-electron chi connectivity index (χ2n) is 6.78. The highest BCUT2D eigenvalue weighted by Gasteiger charge is 2.19. The van der Waals surface area contributed by atoms with Crippen LogP contribution in [0, 0.1) is 0 Å². The summed E-state index contributed by atoms with van der Waals surface area (Å²) in [4.78, 5) is 20.0. The van der Waals surface area contributed by atoms with E-state index in [2.05, 4.69) is 25.4 Å². The van der Waals surface area contributed by atoms with Gasteiger partial charge in [-0.25, -0.2) is 4.68 Å². The Morgan fingerprint density at radius 3 is 2.82 bits per heavy atom. The molecule has 8 heteroatoms. The van der Waals surface area contributed by atoms with Gasteiger partial charge in [-0.3, -0.25) is 14.5 Å². The Balaban J connectivity index is 1.70. The number of benzene rings is 1. The molecule has 0 bridgehead atoms. The molecule has 0 saturated heterocycles. The number of fused-ring (bicyclic) bond motifs is 2. The zero-order valence-corrected chi connectivity index (χ0v) is 15.4. The lowest BCUT2D eigenvalue weighted by molar-refractivity contribution is 0.562. The molecule has 0 aliphatic heterocycles. The molecular formula is C20H17N7O. The summed E-state index contributed by atoms with van der Waals surface area (Å²) in [5.74, 6) is 0. The predicted molar refractivity (Wildman–Crippen MR) is 106 cm³/mol. The Morgan fingerprint density at radius 1 is 1.14 bits per heavy atom. The van der Waals surface area contributed by atoms with Crippen LogP contribution in [0.3, 0.4) is 0 Å². The minimum atomic E-state index is -0.272. The number of rotatable bonds is 3. The lowest BCUT2D eigenvalue weighted by Gasteiger charge is -2.15. The van der Waals surface area contributed by atoms with Gasteiger partial charge >= 0.3 is 0 Å². The Hall–Kier alpha value is -3.81. The van der Waals surface area contributed by atoms with Gasteiger partial charge in [-0.2, -0.15) is 5.10 Å². The lowest BCUT2D eigenvalue weighted by Crippen LogP contribution is -2.11. The van der Waals surface area contributed by atoms with Crippen LogP contribution >= 0.6 is 0 Å². The zero-order valence-electron chi connectivity index (χ0n) is 15.4. The first-order chi connectivity index (χ1) is 13.6. The van der Waals surface area contributed by atoms with E-state index in [1.807, 2.05) is 56.6 Å². The Bertz CT molecular complexity index is 1370. The van der Waals surface area contributed by atoms with Crippen LogP contribution < -0.4 is 5.56 Å². The summed E-state index contributed by atoms with van der Waals surface area (Å²) in [7, 11) is 1.83. The first-order valence-corrected chi connectivity index (χ1v) is 8.93. The Morgan fingerprint density at radius 2 is 2.00 bits per heavy atom. The smallest absolute Gasteiger partial charge is 0.278 e. The summed E-state index contributed by atoms with van der Waals surface area (Å²) in [6, 6.07) is 11.8. The molecule has 4 aromatic heterocycles. The number of hydrogen-bond donors (Lipinski definition) is 1. The number of aryl methyl sites for hydroxylation is 1. The van der Waals surface area contributed by atoms with Crippen molar-refractivity contribution in [3.8, 4) is 11.3 Å². The number of hydrogen-bond acceptors (Lipinski definition) is 5. The van der Waals surface area contributed by atoms with Crippen molar-refractivity contribution in [2.45, 2.75) is 13.0 Å². The van der Waals surface area contributed by atoms with Gasteiger partial charge in [0.2, 0.25) is 0 Å². The van der Waals surface area contributed by atoms with E-state index in [-0.39, 0.29) is 11.6 Å². The maximum absolute atomic E-state index is 12.6. The number of aromatic nitrogens is 7. The standard InChI is InChI=1S/C20H17N7O/c1-12(15-7-3-5-13-6-4-8-21-18(13)15)27-17-9-16(14-10-22-26(2)11-14)23-20(28)19(17)24-25-27/h3-12H,1-2H3,(H,23,28). The van der Waals surface area contributed by atoms with Crippen LogP contribution in [0.4, 0.5) is 0 Å². The van der Waals surface area contributed by atoms with E-state index in [0.717, 1.165) is 22.0 Å². The van der Waals surface area contributed by atoms with Crippen molar-refractivity contribution in [1.82, 2.24) is 34.7 Å². The van der Waals surface area contributed by atoms with Crippen LogP contribution in [0.25, 0.3) is 33.2 Å². The van der Waals surface area contributed by atoms with Crippen molar-refractivity contribution >= 4 is 21.9 Å². The highest BCUT2D eigenvalue weighted by molar-refractivity contribution is 5.83. The normalized spacial score (nSPS) is 12.6. The summed E-state index contributed by atoms with van der Waals surface area (Å²) in [5.41, 5.74) is 4.15. The van der Waals surface area contributed by atoms with Gasteiger partial charge in [0.15, 0.2) is 5.52 Å². The van der Waals surface area contributed by atoms with Gasteiger partial charge in [0.05, 0.1) is 29.0 Å². The zero-order chi connectivity index (χ0) is 19.3. The summed E-state index contributed by atoms with van der Waals surface area (Å²) in [6.07, 6.45) is 5.34. The quantitative estimate of drug-likeness (QED) is 0.526. The monoisotopic (exact) mass is 371 g/mol. The fraction of sp³-hybridized carbons (Fsp3) is 0.150. The molecule has 1 aromatic carbocycles. The second kappa shape index (κ2) is 6.12. The van der Waals surface area contributed by atoms with Gasteiger partial charge in [-0.1, -0.05) is 29.5 Å². The maximum atomic E-state index is 12.6. The third-order valence-electron chi connectivity index (χ3n) is 4.97. The number of para-hydroxylation sites is 1. The lowest BCUT2D eigenvalue weighted by atomic mass is 10.0. The van der Waals surface area contributed by atoms with Gasteiger partial charge in [0, 0.05) is 36.0 Å². The Labute approximate surface area is 159 Å². The van der Waals surface area contributed by atoms with Gasteiger partial charge in [0.25, 0.3) is 5.56 Å². The molecule has 5 rings (SSSR count). The van der Waals surface area contributed by atoms with Crippen molar-refractivity contribution in [1.29, 1.82) is 0 Å². The first kappa shape index (κ1) is 16.4. The van der Waals surface area contributed by atoms with Gasteiger partial charge in [-0.05, 0) is 19.1 Å². The molecule has 4 heterocycles. The molecule has 1 atom stereocenters. The summed E-state index contributed by atoms with van der Waals surface area (Å²) in [6.45, 7) is 2.03. The van der Waals surface area contributed by atoms with E-state index < -0.39 is 0 Å². The molecule has 138 valence electrons. The molecule has 5 aromatic rings. The van der Waals surface area contributed by atoms with E-state index >= 15 is 0 Å². The average Bonchev–Trinajstić information content (AvgIpc) is 3.33. The average molecular weight is 371 g/mol. The van der Waals surface area contributed by atoms with Crippen LogP contribution in [-0.4, -0.2) is 34.7 Å². The van der Waals surface area contributed by atoms with E-state index in [9.17, 15) is 4.79 Å². The third-order valence-corrected chi connectivity index (χ3v) is 4.97. The second-order valence-corrected chi connectivity index (χ2v) is 6.78. The molecule has 28 heavy (non-hydrogen) atoms. The van der Waals surface area contributed by atoms with Gasteiger partial charge in [0.1, 0.15) is 0 Å². The highest BCUT2D eigenvalue weighted by atomic mass is 16.1. The highest BCUT2D eigenvalue weighted by Crippen LogP contribution is 2.27.